The van der Waals surface area contributed by atoms with E-state index in [1.807, 2.05) is 0 Å². The molecule has 2 aliphatic heterocycles. The molecule has 0 saturated carbocycles. The molecule has 0 aliphatic carbocycles. The van der Waals surface area contributed by atoms with Crippen molar-refractivity contribution in [1.29, 1.82) is 0 Å². The lowest BCUT2D eigenvalue weighted by molar-refractivity contribution is 1.11. The Labute approximate surface area is 65.6 Å². The van der Waals surface area contributed by atoms with Crippen LogP contribution in [0.4, 0.5) is 0 Å². The molecule has 5 heteroatoms. The van der Waals surface area contributed by atoms with Gasteiger partial charge in [0, 0.05) is 0 Å². The van der Waals surface area contributed by atoms with Gasteiger partial charge in [0.25, 0.3) is 0 Å². The van der Waals surface area contributed by atoms with Crippen molar-refractivity contribution < 1.29 is 0 Å². The summed E-state index contributed by atoms with van der Waals surface area (Å²) in [6.07, 6.45) is 4.58. The molecular weight excluding hydrogens is 196 g/mol. The molecule has 10 heavy (non-hydrogen) atoms. The van der Waals surface area contributed by atoms with E-state index in [4.69, 9.17) is 0 Å². The van der Waals surface area contributed by atoms with Gasteiger partial charge in [0.15, 0.2) is 5.84 Å². The summed E-state index contributed by atoms with van der Waals surface area (Å²) in [6.45, 7) is 0. The SMILES string of the molecule is BrC12C=NC=NC1=NC=N2. The summed E-state index contributed by atoms with van der Waals surface area (Å²) in [5.41, 5.74) is 0. The largest absolute Gasteiger partial charge is 0.245 e. The first kappa shape index (κ1) is 5.91. The van der Waals surface area contributed by atoms with Gasteiger partial charge in [-0.05, 0) is 15.9 Å². The van der Waals surface area contributed by atoms with Gasteiger partial charge in [0.1, 0.15) is 12.7 Å². The van der Waals surface area contributed by atoms with Crippen molar-refractivity contribution in [2.45, 2.75) is 4.45 Å². The first-order chi connectivity index (χ1) is 4.81. The molecule has 0 spiro atoms. The summed E-state index contributed by atoms with van der Waals surface area (Å²) in [7, 11) is 0. The molecule has 0 fully saturated rings. The maximum absolute atomic E-state index is 4.01. The summed E-state index contributed by atoms with van der Waals surface area (Å²) < 4.78 is -0.568. The molecule has 4 nitrogen and oxygen atoms in total. The monoisotopic (exact) mass is 198 g/mol. The fraction of sp³-hybridized carbons (Fsp3) is 0.200. The zero-order chi connectivity index (χ0) is 7.03. The number of nitrogens with zero attached hydrogens (tertiary/aromatic N) is 4. The van der Waals surface area contributed by atoms with Gasteiger partial charge in [-0.3, -0.25) is 0 Å². The van der Waals surface area contributed by atoms with Gasteiger partial charge in [-0.1, -0.05) is 0 Å². The van der Waals surface area contributed by atoms with Gasteiger partial charge in [-0.15, -0.1) is 0 Å². The van der Waals surface area contributed by atoms with Crippen molar-refractivity contribution in [2.24, 2.45) is 20.0 Å². The van der Waals surface area contributed by atoms with Crippen molar-refractivity contribution in [2.75, 3.05) is 0 Å². The predicted octanol–water partition coefficient (Wildman–Crippen LogP) is 0.631. The Morgan fingerprint density at radius 3 is 3.10 bits per heavy atom. The Bertz CT molecular complexity index is 277. The summed E-state index contributed by atoms with van der Waals surface area (Å²) in [5, 5.41) is 0. The van der Waals surface area contributed by atoms with E-state index >= 15 is 0 Å². The second-order valence-electron chi connectivity index (χ2n) is 1.89. The quantitative estimate of drug-likeness (QED) is 0.405. The smallest absolute Gasteiger partial charge is 0.211 e. The summed E-state index contributed by atoms with van der Waals surface area (Å²) >= 11 is 3.33. The lowest BCUT2D eigenvalue weighted by atomic mass is 10.3. The third kappa shape index (κ3) is 0.668. The third-order valence-corrected chi connectivity index (χ3v) is 2.00. The van der Waals surface area contributed by atoms with Gasteiger partial charge >= 0.3 is 0 Å². The van der Waals surface area contributed by atoms with Crippen LogP contribution in [-0.4, -0.2) is 29.2 Å². The number of fused-ring (bicyclic) bond motifs is 1. The van der Waals surface area contributed by atoms with E-state index in [2.05, 4.69) is 35.9 Å². The molecule has 0 aromatic carbocycles. The van der Waals surface area contributed by atoms with Crippen LogP contribution in [0.2, 0.25) is 0 Å². The molecule has 0 saturated heterocycles. The highest BCUT2D eigenvalue weighted by molar-refractivity contribution is 9.10. The van der Waals surface area contributed by atoms with E-state index < -0.39 is 4.45 Å². The first-order valence-corrected chi connectivity index (χ1v) is 3.48. The molecule has 2 aliphatic rings. The molecule has 0 amide bonds. The topological polar surface area (TPSA) is 49.4 Å². The van der Waals surface area contributed by atoms with Gasteiger partial charge in [0.05, 0.1) is 6.21 Å². The Kier molecular flexibility index (Phi) is 1.08. The maximum atomic E-state index is 4.01. The number of amidine groups is 1. The molecule has 50 valence electrons. The van der Waals surface area contributed by atoms with E-state index in [9.17, 15) is 0 Å². The van der Waals surface area contributed by atoms with Crippen LogP contribution >= 0.6 is 15.9 Å². The molecule has 0 radical (unpaired) electrons. The number of alkyl halides is 1. The Morgan fingerprint density at radius 2 is 2.30 bits per heavy atom. The summed E-state index contributed by atoms with van der Waals surface area (Å²) in [5.74, 6) is 0.641. The highest BCUT2D eigenvalue weighted by Crippen LogP contribution is 2.25. The predicted molar refractivity (Wildman–Crippen MR) is 44.6 cm³/mol. The number of hydrogen-bond acceptors (Lipinski definition) is 4. The molecule has 0 aromatic rings. The standard InChI is InChI=1S/C5H3BrN4/c6-5-1-7-2-8-4(5)9-3-10-5/h1-3H. The van der Waals surface area contributed by atoms with Crippen LogP contribution in [0.25, 0.3) is 0 Å². The van der Waals surface area contributed by atoms with E-state index in [1.165, 1.54) is 12.7 Å². The van der Waals surface area contributed by atoms with Gasteiger partial charge in [-0.25, -0.2) is 20.0 Å². The van der Waals surface area contributed by atoms with Crippen LogP contribution in [0.5, 0.6) is 0 Å². The van der Waals surface area contributed by atoms with E-state index in [0.717, 1.165) is 0 Å². The van der Waals surface area contributed by atoms with Crippen molar-refractivity contribution in [3.8, 4) is 0 Å². The van der Waals surface area contributed by atoms with Gasteiger partial charge < -0.3 is 0 Å². The first-order valence-electron chi connectivity index (χ1n) is 2.69. The van der Waals surface area contributed by atoms with Crippen molar-refractivity contribution >= 4 is 40.7 Å². The summed E-state index contributed by atoms with van der Waals surface area (Å²) in [6, 6.07) is 0. The van der Waals surface area contributed by atoms with Crippen LogP contribution in [0.3, 0.4) is 0 Å². The Morgan fingerprint density at radius 1 is 1.40 bits per heavy atom. The highest BCUT2D eigenvalue weighted by Gasteiger charge is 2.34. The van der Waals surface area contributed by atoms with E-state index in [-0.39, 0.29) is 0 Å². The van der Waals surface area contributed by atoms with E-state index in [1.54, 1.807) is 6.21 Å². The average molecular weight is 199 g/mol. The van der Waals surface area contributed by atoms with Crippen LogP contribution in [0.1, 0.15) is 0 Å². The molecule has 1 unspecified atom stereocenters. The van der Waals surface area contributed by atoms with Crippen LogP contribution in [-0.2, 0) is 0 Å². The number of hydrogen-bond donors (Lipinski definition) is 0. The van der Waals surface area contributed by atoms with Crippen molar-refractivity contribution in [3.63, 3.8) is 0 Å². The normalized spacial score (nSPS) is 34.3. The lowest BCUT2D eigenvalue weighted by Crippen LogP contribution is -2.29. The Hall–Kier alpha value is -0.840. The molecule has 2 heterocycles. The minimum Gasteiger partial charge on any atom is -0.245 e. The number of aliphatic imine (C=N–C) groups is 4. The second kappa shape index (κ2) is 1.82. The fourth-order valence-corrected chi connectivity index (χ4v) is 1.17. The molecule has 0 bridgehead atoms. The molecular formula is C5H3BrN4. The van der Waals surface area contributed by atoms with Gasteiger partial charge in [-0.2, -0.15) is 0 Å². The molecule has 0 aromatic heterocycles. The molecule has 0 N–H and O–H groups in total. The molecule has 1 atom stereocenters. The summed E-state index contributed by atoms with van der Waals surface area (Å²) in [4.78, 5) is 15.7. The maximum Gasteiger partial charge on any atom is 0.211 e. The average Bonchev–Trinajstić information content (AvgIpc) is 2.29. The van der Waals surface area contributed by atoms with Crippen LogP contribution in [0.15, 0.2) is 20.0 Å². The third-order valence-electron chi connectivity index (χ3n) is 1.23. The Balaban J connectivity index is 2.51. The second-order valence-corrected chi connectivity index (χ2v) is 3.10. The van der Waals surface area contributed by atoms with Crippen LogP contribution in [0, 0.1) is 0 Å². The number of rotatable bonds is 0. The van der Waals surface area contributed by atoms with Crippen molar-refractivity contribution in [1.82, 2.24) is 0 Å². The highest BCUT2D eigenvalue weighted by atomic mass is 79.9. The van der Waals surface area contributed by atoms with Crippen molar-refractivity contribution in [3.05, 3.63) is 0 Å². The fourth-order valence-electron chi connectivity index (χ4n) is 0.751. The van der Waals surface area contributed by atoms with Gasteiger partial charge in [0.2, 0.25) is 4.45 Å². The van der Waals surface area contributed by atoms with E-state index in [0.29, 0.717) is 5.84 Å². The lowest BCUT2D eigenvalue weighted by Gasteiger charge is -2.13. The molecule has 2 rings (SSSR count). The number of halogens is 1. The zero-order valence-electron chi connectivity index (χ0n) is 4.90. The zero-order valence-corrected chi connectivity index (χ0v) is 6.48. The minimum absolute atomic E-state index is 0.568. The minimum atomic E-state index is -0.568. The van der Waals surface area contributed by atoms with Crippen LogP contribution < -0.4 is 0 Å².